The lowest BCUT2D eigenvalue weighted by atomic mass is 9.76. The fraction of sp³-hybridized carbons (Fsp3) is 0.429. The molecule has 1 heterocycles. The summed E-state index contributed by atoms with van der Waals surface area (Å²) in [6.07, 6.45) is -0.691. The molecule has 2 atom stereocenters. The maximum atomic E-state index is 12.2. The van der Waals surface area contributed by atoms with E-state index >= 15 is 0 Å². The van der Waals surface area contributed by atoms with Gasteiger partial charge in [0.15, 0.2) is 5.78 Å². The molecule has 6 heteroatoms. The number of nitro groups is 1. The van der Waals surface area contributed by atoms with E-state index in [1.54, 1.807) is 20.8 Å². The van der Waals surface area contributed by atoms with Gasteiger partial charge in [0.05, 0.1) is 10.8 Å². The molecule has 0 N–H and O–H groups in total. The van der Waals surface area contributed by atoms with Crippen LogP contribution in [0.4, 0.5) is 5.69 Å². The zero-order valence-electron chi connectivity index (χ0n) is 11.5. The van der Waals surface area contributed by atoms with Gasteiger partial charge < -0.3 is 4.74 Å². The SMILES string of the molecule is C[C@H]1C(=O)C(C)(C)C(=O)O[C@H]1c1ccc([N+](=O)[O-])cc1. The van der Waals surface area contributed by atoms with Crippen molar-refractivity contribution in [1.82, 2.24) is 0 Å². The Morgan fingerprint density at radius 1 is 1.20 bits per heavy atom. The third kappa shape index (κ3) is 2.17. The summed E-state index contributed by atoms with van der Waals surface area (Å²) in [5.74, 6) is -1.23. The van der Waals surface area contributed by atoms with Crippen molar-refractivity contribution in [1.29, 1.82) is 0 Å². The van der Waals surface area contributed by atoms with E-state index in [1.807, 2.05) is 0 Å². The largest absolute Gasteiger partial charge is 0.456 e. The van der Waals surface area contributed by atoms with Crippen LogP contribution in [-0.2, 0) is 14.3 Å². The zero-order valence-corrected chi connectivity index (χ0v) is 11.5. The second-order valence-corrected chi connectivity index (χ2v) is 5.45. The first-order valence-corrected chi connectivity index (χ1v) is 6.25. The Morgan fingerprint density at radius 2 is 1.75 bits per heavy atom. The molecule has 1 aromatic rings. The van der Waals surface area contributed by atoms with Crippen molar-refractivity contribution in [3.05, 3.63) is 39.9 Å². The van der Waals surface area contributed by atoms with Crippen molar-refractivity contribution >= 4 is 17.4 Å². The van der Waals surface area contributed by atoms with E-state index in [2.05, 4.69) is 0 Å². The molecule has 1 aliphatic rings. The monoisotopic (exact) mass is 277 g/mol. The predicted molar refractivity (Wildman–Crippen MR) is 69.9 cm³/mol. The molecule has 1 fully saturated rings. The van der Waals surface area contributed by atoms with Crippen LogP contribution >= 0.6 is 0 Å². The number of benzene rings is 1. The summed E-state index contributed by atoms with van der Waals surface area (Å²) in [7, 11) is 0. The minimum Gasteiger partial charge on any atom is -0.456 e. The van der Waals surface area contributed by atoms with Gasteiger partial charge in [-0.3, -0.25) is 19.7 Å². The molecular formula is C14H15NO5. The molecule has 0 amide bonds. The topological polar surface area (TPSA) is 86.5 Å². The van der Waals surface area contributed by atoms with Crippen LogP contribution < -0.4 is 0 Å². The normalized spacial score (nSPS) is 25.1. The second-order valence-electron chi connectivity index (χ2n) is 5.45. The molecule has 106 valence electrons. The van der Waals surface area contributed by atoms with Gasteiger partial charge in [-0.15, -0.1) is 0 Å². The van der Waals surface area contributed by atoms with E-state index in [9.17, 15) is 19.7 Å². The summed E-state index contributed by atoms with van der Waals surface area (Å²) in [6.45, 7) is 4.78. The van der Waals surface area contributed by atoms with Crippen LogP contribution in [0.2, 0.25) is 0 Å². The lowest BCUT2D eigenvalue weighted by Gasteiger charge is -2.36. The molecule has 0 radical (unpaired) electrons. The number of ketones is 1. The first-order valence-electron chi connectivity index (χ1n) is 6.25. The summed E-state index contributed by atoms with van der Waals surface area (Å²) in [6, 6.07) is 5.69. The Bertz CT molecular complexity index is 576. The number of esters is 1. The van der Waals surface area contributed by atoms with Crippen molar-refractivity contribution in [3.63, 3.8) is 0 Å². The second kappa shape index (κ2) is 4.70. The number of nitro benzene ring substituents is 1. The van der Waals surface area contributed by atoms with Crippen molar-refractivity contribution < 1.29 is 19.2 Å². The van der Waals surface area contributed by atoms with E-state index in [0.29, 0.717) is 5.56 Å². The van der Waals surface area contributed by atoms with E-state index in [4.69, 9.17) is 4.74 Å². The third-order valence-corrected chi connectivity index (χ3v) is 3.66. The van der Waals surface area contributed by atoms with E-state index in [1.165, 1.54) is 24.3 Å². The highest BCUT2D eigenvalue weighted by atomic mass is 16.6. The number of non-ortho nitro benzene ring substituents is 1. The van der Waals surface area contributed by atoms with Gasteiger partial charge in [0, 0.05) is 12.1 Å². The van der Waals surface area contributed by atoms with Gasteiger partial charge in [-0.1, -0.05) is 6.92 Å². The van der Waals surface area contributed by atoms with Gasteiger partial charge in [0.25, 0.3) is 5.69 Å². The number of carbonyl (C=O) groups excluding carboxylic acids is 2. The van der Waals surface area contributed by atoms with Crippen molar-refractivity contribution in [2.24, 2.45) is 11.3 Å². The zero-order chi connectivity index (χ0) is 15.1. The van der Waals surface area contributed by atoms with E-state index in [0.717, 1.165) is 0 Å². The van der Waals surface area contributed by atoms with Gasteiger partial charge in [0.1, 0.15) is 11.5 Å². The number of nitrogens with zero attached hydrogens (tertiary/aromatic N) is 1. The molecule has 20 heavy (non-hydrogen) atoms. The summed E-state index contributed by atoms with van der Waals surface area (Å²) in [5.41, 5.74) is -0.605. The maximum absolute atomic E-state index is 12.2. The Morgan fingerprint density at radius 3 is 2.25 bits per heavy atom. The molecule has 0 unspecified atom stereocenters. The highest BCUT2D eigenvalue weighted by molar-refractivity contribution is 6.06. The Labute approximate surface area is 115 Å². The number of rotatable bonds is 2. The van der Waals surface area contributed by atoms with Gasteiger partial charge in [-0.05, 0) is 31.5 Å². The molecule has 0 bridgehead atoms. The molecule has 1 aliphatic heterocycles. The highest BCUT2D eigenvalue weighted by Gasteiger charge is 2.49. The van der Waals surface area contributed by atoms with E-state index < -0.39 is 28.3 Å². The number of hydrogen-bond donors (Lipinski definition) is 0. The van der Waals surface area contributed by atoms with Crippen LogP contribution in [0.25, 0.3) is 0 Å². The molecule has 2 rings (SSSR count). The summed E-state index contributed by atoms with van der Waals surface area (Å²) < 4.78 is 5.34. The van der Waals surface area contributed by atoms with Gasteiger partial charge in [0.2, 0.25) is 0 Å². The van der Waals surface area contributed by atoms with Crippen LogP contribution in [0.15, 0.2) is 24.3 Å². The van der Waals surface area contributed by atoms with Crippen LogP contribution in [0, 0.1) is 21.4 Å². The molecule has 0 saturated carbocycles. The van der Waals surface area contributed by atoms with Crippen molar-refractivity contribution in [3.8, 4) is 0 Å². The van der Waals surface area contributed by atoms with Gasteiger partial charge in [-0.25, -0.2) is 0 Å². The molecule has 0 aromatic heterocycles. The fourth-order valence-corrected chi connectivity index (χ4v) is 2.31. The molecule has 0 spiro atoms. The minimum absolute atomic E-state index is 0.0461. The fourth-order valence-electron chi connectivity index (χ4n) is 2.31. The smallest absolute Gasteiger partial charge is 0.319 e. The van der Waals surface area contributed by atoms with Crippen LogP contribution in [0.1, 0.15) is 32.4 Å². The van der Waals surface area contributed by atoms with Gasteiger partial charge in [-0.2, -0.15) is 0 Å². The number of ether oxygens (including phenoxy) is 1. The standard InChI is InChI=1S/C14H15NO5/c1-8-11(20-13(17)14(2,3)12(8)16)9-4-6-10(7-5-9)15(18)19/h4-8,11H,1-3H3/t8-,11-/m1/s1. The Hall–Kier alpha value is -2.24. The molecule has 0 aliphatic carbocycles. The van der Waals surface area contributed by atoms with Crippen LogP contribution in [0.5, 0.6) is 0 Å². The number of carbonyl (C=O) groups is 2. The first kappa shape index (κ1) is 14.2. The highest BCUT2D eigenvalue weighted by Crippen LogP contribution is 2.39. The molecular weight excluding hydrogens is 262 g/mol. The van der Waals surface area contributed by atoms with Crippen molar-refractivity contribution in [2.45, 2.75) is 26.9 Å². The van der Waals surface area contributed by atoms with Crippen molar-refractivity contribution in [2.75, 3.05) is 0 Å². The number of hydrogen-bond acceptors (Lipinski definition) is 5. The quantitative estimate of drug-likeness (QED) is 0.358. The summed E-state index contributed by atoms with van der Waals surface area (Å²) >= 11 is 0. The predicted octanol–water partition coefficient (Wildman–Crippen LogP) is 2.42. The maximum Gasteiger partial charge on any atom is 0.319 e. The number of Topliss-reactive ketones (excluding diaryl/α,β-unsaturated/α-hetero) is 1. The summed E-state index contributed by atoms with van der Waals surface area (Å²) in [5, 5.41) is 10.6. The Kier molecular flexibility index (Phi) is 3.33. The average Bonchev–Trinajstić information content (AvgIpc) is 2.41. The summed E-state index contributed by atoms with van der Waals surface area (Å²) in [4.78, 5) is 34.2. The molecule has 1 saturated heterocycles. The third-order valence-electron chi connectivity index (χ3n) is 3.66. The van der Waals surface area contributed by atoms with E-state index in [-0.39, 0.29) is 11.5 Å². The lowest BCUT2D eigenvalue weighted by Crippen LogP contribution is -2.46. The van der Waals surface area contributed by atoms with Gasteiger partial charge >= 0.3 is 5.97 Å². The van der Waals surface area contributed by atoms with Crippen LogP contribution in [-0.4, -0.2) is 16.7 Å². The first-order chi connectivity index (χ1) is 9.25. The Balaban J connectivity index is 2.31. The average molecular weight is 277 g/mol. The minimum atomic E-state index is -1.14. The number of cyclic esters (lactones) is 1. The molecule has 1 aromatic carbocycles. The molecule has 6 nitrogen and oxygen atoms in total. The lowest BCUT2D eigenvalue weighted by molar-refractivity contribution is -0.384. The van der Waals surface area contributed by atoms with Crippen LogP contribution in [0.3, 0.4) is 0 Å².